The highest BCUT2D eigenvalue weighted by atomic mass is 32.2. The Morgan fingerprint density at radius 3 is 1.91 bits per heavy atom. The van der Waals surface area contributed by atoms with E-state index >= 15 is 0 Å². The normalized spacial score (nSPS) is 12.0. The number of nitrogens with one attached hydrogen (secondary N) is 2. The van der Waals surface area contributed by atoms with Crippen molar-refractivity contribution in [2.24, 2.45) is 0 Å². The summed E-state index contributed by atoms with van der Waals surface area (Å²) in [5.74, 6) is -0.370. The average molecular weight is 471 g/mol. The van der Waals surface area contributed by atoms with Crippen molar-refractivity contribution in [3.05, 3.63) is 126 Å². The largest absolute Gasteiger partial charge is 0.379 e. The molecule has 4 rings (SSSR count). The molecule has 5 nitrogen and oxygen atoms in total. The molecule has 4 aromatic carbocycles. The highest BCUT2D eigenvalue weighted by Gasteiger charge is 2.15. The molecule has 0 bridgehead atoms. The second-order valence-corrected chi connectivity index (χ2v) is 10.1. The van der Waals surface area contributed by atoms with Crippen LogP contribution in [0.4, 0.5) is 11.4 Å². The van der Waals surface area contributed by atoms with Crippen molar-refractivity contribution in [2.75, 3.05) is 10.6 Å². The quantitative estimate of drug-likeness (QED) is 0.327. The maximum absolute atomic E-state index is 12.6. The van der Waals surface area contributed by atoms with Gasteiger partial charge in [0.25, 0.3) is 5.91 Å². The van der Waals surface area contributed by atoms with Gasteiger partial charge in [0.2, 0.25) is 0 Å². The Morgan fingerprint density at radius 1 is 0.735 bits per heavy atom. The fourth-order valence-corrected chi connectivity index (χ4v) is 4.98. The first kappa shape index (κ1) is 23.3. The number of sulfone groups is 1. The van der Waals surface area contributed by atoms with Crippen LogP contribution in [0.3, 0.4) is 0 Å². The van der Waals surface area contributed by atoms with Crippen molar-refractivity contribution in [1.82, 2.24) is 0 Å². The molecule has 0 saturated carbocycles. The molecule has 0 fully saturated rings. The number of carbonyl (C=O) groups is 1. The summed E-state index contributed by atoms with van der Waals surface area (Å²) in [5.41, 5.74) is 3.92. The molecule has 0 aliphatic rings. The molecule has 6 heteroatoms. The molecule has 0 heterocycles. The lowest BCUT2D eigenvalue weighted by Gasteiger charge is -2.16. The fraction of sp³-hybridized carbons (Fsp3) is 0.107. The number of benzene rings is 4. The van der Waals surface area contributed by atoms with E-state index in [-0.39, 0.29) is 22.6 Å². The molecule has 0 spiro atoms. The van der Waals surface area contributed by atoms with E-state index in [0.29, 0.717) is 16.8 Å². The Balaban J connectivity index is 1.35. The third-order valence-corrected chi connectivity index (χ3v) is 7.20. The van der Waals surface area contributed by atoms with E-state index in [1.54, 1.807) is 54.6 Å². The predicted octanol–water partition coefficient (Wildman–Crippen LogP) is 6.09. The Labute approximate surface area is 200 Å². The van der Waals surface area contributed by atoms with Crippen LogP contribution in [0.5, 0.6) is 0 Å². The van der Waals surface area contributed by atoms with Crippen LogP contribution in [-0.2, 0) is 15.6 Å². The number of hydrogen-bond acceptors (Lipinski definition) is 4. The number of rotatable bonds is 8. The summed E-state index contributed by atoms with van der Waals surface area (Å²) in [6.07, 6.45) is 0. The van der Waals surface area contributed by atoms with Gasteiger partial charge in [0.05, 0.1) is 10.6 Å². The summed E-state index contributed by atoms with van der Waals surface area (Å²) >= 11 is 0. The van der Waals surface area contributed by atoms with Gasteiger partial charge in [-0.05, 0) is 66.6 Å². The summed E-state index contributed by atoms with van der Waals surface area (Å²) < 4.78 is 25.1. The van der Waals surface area contributed by atoms with Crippen molar-refractivity contribution in [2.45, 2.75) is 23.6 Å². The zero-order valence-electron chi connectivity index (χ0n) is 18.8. The first-order chi connectivity index (χ1) is 16.4. The highest BCUT2D eigenvalue weighted by Crippen LogP contribution is 2.21. The van der Waals surface area contributed by atoms with Gasteiger partial charge in [-0.3, -0.25) is 4.79 Å². The first-order valence-corrected chi connectivity index (χ1v) is 12.7. The van der Waals surface area contributed by atoms with E-state index in [2.05, 4.69) is 29.7 Å². The zero-order valence-corrected chi connectivity index (χ0v) is 19.6. The van der Waals surface area contributed by atoms with Crippen molar-refractivity contribution >= 4 is 27.1 Å². The van der Waals surface area contributed by atoms with Crippen LogP contribution in [0.2, 0.25) is 0 Å². The molecule has 0 radical (unpaired) electrons. The second kappa shape index (κ2) is 10.4. The monoisotopic (exact) mass is 470 g/mol. The van der Waals surface area contributed by atoms with Crippen molar-refractivity contribution in [3.63, 3.8) is 0 Å². The standard InChI is InChI=1S/C28H26N2O3S/c1-21(23-8-4-2-5-9-23)29-25-16-18-26(19-17-25)30-28(31)24-14-12-22(13-15-24)20-34(32,33)27-10-6-3-7-11-27/h2-19,21,29H,20H2,1H3,(H,30,31). The van der Waals surface area contributed by atoms with Crippen LogP contribution in [0.25, 0.3) is 0 Å². The molecule has 2 N–H and O–H groups in total. The third kappa shape index (κ3) is 5.91. The first-order valence-electron chi connectivity index (χ1n) is 11.0. The lowest BCUT2D eigenvalue weighted by molar-refractivity contribution is 0.102. The topological polar surface area (TPSA) is 75.3 Å². The third-order valence-electron chi connectivity index (χ3n) is 5.50. The Morgan fingerprint density at radius 2 is 1.29 bits per heavy atom. The van der Waals surface area contributed by atoms with Gasteiger partial charge in [0, 0.05) is 23.0 Å². The minimum absolute atomic E-state index is 0.116. The van der Waals surface area contributed by atoms with Crippen molar-refractivity contribution in [1.29, 1.82) is 0 Å². The van der Waals surface area contributed by atoms with Crippen LogP contribution in [-0.4, -0.2) is 14.3 Å². The van der Waals surface area contributed by atoms with E-state index < -0.39 is 9.84 Å². The van der Waals surface area contributed by atoms with Crippen LogP contribution < -0.4 is 10.6 Å². The molecule has 1 atom stereocenters. The number of amides is 1. The SMILES string of the molecule is CC(Nc1ccc(NC(=O)c2ccc(CS(=O)(=O)c3ccccc3)cc2)cc1)c1ccccc1. The van der Waals surface area contributed by atoms with E-state index in [0.717, 1.165) is 5.69 Å². The molecule has 0 aliphatic carbocycles. The van der Waals surface area contributed by atoms with Crippen LogP contribution >= 0.6 is 0 Å². The zero-order chi connectivity index (χ0) is 24.0. The van der Waals surface area contributed by atoms with Gasteiger partial charge in [0.1, 0.15) is 0 Å². The minimum Gasteiger partial charge on any atom is -0.379 e. The smallest absolute Gasteiger partial charge is 0.255 e. The van der Waals surface area contributed by atoms with Gasteiger partial charge in [-0.15, -0.1) is 0 Å². The van der Waals surface area contributed by atoms with E-state index in [1.165, 1.54) is 5.56 Å². The molecular formula is C28H26N2O3S. The van der Waals surface area contributed by atoms with Crippen LogP contribution in [0.15, 0.2) is 114 Å². The van der Waals surface area contributed by atoms with Crippen LogP contribution in [0, 0.1) is 0 Å². The molecule has 0 saturated heterocycles. The van der Waals surface area contributed by atoms with Gasteiger partial charge in [0.15, 0.2) is 9.84 Å². The molecule has 172 valence electrons. The highest BCUT2D eigenvalue weighted by molar-refractivity contribution is 7.90. The van der Waals surface area contributed by atoms with Gasteiger partial charge in [-0.25, -0.2) is 8.42 Å². The summed E-state index contributed by atoms with van der Waals surface area (Å²) in [6, 6.07) is 32.9. The summed E-state index contributed by atoms with van der Waals surface area (Å²) in [4.78, 5) is 12.9. The molecule has 4 aromatic rings. The molecule has 34 heavy (non-hydrogen) atoms. The Bertz CT molecular complexity index is 1340. The van der Waals surface area contributed by atoms with E-state index in [9.17, 15) is 13.2 Å². The van der Waals surface area contributed by atoms with Gasteiger partial charge < -0.3 is 10.6 Å². The Hall–Kier alpha value is -3.90. The molecular weight excluding hydrogens is 444 g/mol. The van der Waals surface area contributed by atoms with E-state index in [4.69, 9.17) is 0 Å². The molecule has 1 unspecified atom stereocenters. The average Bonchev–Trinajstić information content (AvgIpc) is 2.86. The van der Waals surface area contributed by atoms with E-state index in [1.807, 2.05) is 42.5 Å². The second-order valence-electron chi connectivity index (χ2n) is 8.08. The lowest BCUT2D eigenvalue weighted by atomic mass is 10.1. The van der Waals surface area contributed by atoms with Gasteiger partial charge in [-0.2, -0.15) is 0 Å². The number of anilines is 2. The molecule has 0 aromatic heterocycles. The maximum atomic E-state index is 12.6. The van der Waals surface area contributed by atoms with Gasteiger partial charge in [-0.1, -0.05) is 60.7 Å². The van der Waals surface area contributed by atoms with Crippen LogP contribution in [0.1, 0.15) is 34.5 Å². The fourth-order valence-electron chi connectivity index (χ4n) is 3.61. The van der Waals surface area contributed by atoms with Gasteiger partial charge >= 0.3 is 0 Å². The molecule has 0 aliphatic heterocycles. The van der Waals surface area contributed by atoms with Crippen molar-refractivity contribution < 1.29 is 13.2 Å². The minimum atomic E-state index is -3.43. The maximum Gasteiger partial charge on any atom is 0.255 e. The summed E-state index contributed by atoms with van der Waals surface area (Å²) in [7, 11) is -3.43. The lowest BCUT2D eigenvalue weighted by Crippen LogP contribution is -2.12. The summed E-state index contributed by atoms with van der Waals surface area (Å²) in [6.45, 7) is 2.10. The number of carbonyl (C=O) groups excluding carboxylic acids is 1. The molecule has 1 amide bonds. The predicted molar refractivity (Wildman–Crippen MR) is 137 cm³/mol. The number of hydrogen-bond donors (Lipinski definition) is 2. The Kier molecular flexibility index (Phi) is 7.09. The summed E-state index contributed by atoms with van der Waals surface area (Å²) in [5, 5.41) is 6.32. The van der Waals surface area contributed by atoms with Crippen molar-refractivity contribution in [3.8, 4) is 0 Å².